The molecule has 0 aliphatic heterocycles. The van der Waals surface area contributed by atoms with Gasteiger partial charge in [0.05, 0.1) is 17.1 Å². The fourth-order valence-corrected chi connectivity index (χ4v) is 2.28. The molecule has 0 aliphatic rings. The Kier molecular flexibility index (Phi) is 5.56. The molecule has 1 aromatic rings. The minimum absolute atomic E-state index is 0.292. The van der Waals surface area contributed by atoms with E-state index in [-0.39, 0.29) is 0 Å². The van der Waals surface area contributed by atoms with Crippen molar-refractivity contribution >= 4 is 37.7 Å². The lowest BCUT2D eigenvalue weighted by atomic mass is 10.2. The van der Waals surface area contributed by atoms with Crippen LogP contribution < -0.4 is 5.32 Å². The molecular formula is C10H14Br2N2O. The first kappa shape index (κ1) is 12.9. The second kappa shape index (κ2) is 6.45. The largest absolute Gasteiger partial charge is 0.383 e. The Morgan fingerprint density at radius 1 is 1.53 bits per heavy atom. The van der Waals surface area contributed by atoms with Crippen molar-refractivity contribution in [1.82, 2.24) is 4.98 Å². The highest BCUT2D eigenvalue weighted by molar-refractivity contribution is 9.11. The SMILES string of the molecule is CCC(COC)Nc1ncc(Br)cc1Br. The summed E-state index contributed by atoms with van der Waals surface area (Å²) in [6.07, 6.45) is 2.77. The zero-order chi connectivity index (χ0) is 11.3. The second-order valence-electron chi connectivity index (χ2n) is 3.19. The zero-order valence-electron chi connectivity index (χ0n) is 8.76. The van der Waals surface area contributed by atoms with E-state index < -0.39 is 0 Å². The quantitative estimate of drug-likeness (QED) is 0.893. The average Bonchev–Trinajstić information content (AvgIpc) is 2.21. The Morgan fingerprint density at radius 2 is 2.27 bits per heavy atom. The fourth-order valence-electron chi connectivity index (χ4n) is 1.18. The maximum absolute atomic E-state index is 5.12. The van der Waals surface area contributed by atoms with Gasteiger partial charge in [0.1, 0.15) is 5.82 Å². The highest BCUT2D eigenvalue weighted by Gasteiger charge is 2.08. The summed E-state index contributed by atoms with van der Waals surface area (Å²) in [5, 5.41) is 3.32. The van der Waals surface area contributed by atoms with Crippen LogP contribution in [0.25, 0.3) is 0 Å². The number of methoxy groups -OCH3 is 1. The predicted octanol–water partition coefficient (Wildman–Crippen LogP) is 3.44. The summed E-state index contributed by atoms with van der Waals surface area (Å²) in [5.74, 6) is 0.849. The van der Waals surface area contributed by atoms with E-state index in [0.29, 0.717) is 12.6 Å². The van der Waals surface area contributed by atoms with E-state index in [0.717, 1.165) is 21.2 Å². The molecule has 1 rings (SSSR count). The number of pyridine rings is 1. The smallest absolute Gasteiger partial charge is 0.140 e. The van der Waals surface area contributed by atoms with Gasteiger partial charge >= 0.3 is 0 Å². The summed E-state index contributed by atoms with van der Waals surface area (Å²) in [6, 6.07) is 2.26. The number of hydrogen-bond donors (Lipinski definition) is 1. The molecule has 1 N–H and O–H groups in total. The van der Waals surface area contributed by atoms with E-state index >= 15 is 0 Å². The van der Waals surface area contributed by atoms with Crippen LogP contribution in [0.5, 0.6) is 0 Å². The van der Waals surface area contributed by atoms with Gasteiger partial charge in [-0.25, -0.2) is 4.98 Å². The first-order valence-electron chi connectivity index (χ1n) is 4.73. The van der Waals surface area contributed by atoms with Crippen molar-refractivity contribution in [2.45, 2.75) is 19.4 Å². The topological polar surface area (TPSA) is 34.1 Å². The van der Waals surface area contributed by atoms with Crippen LogP contribution >= 0.6 is 31.9 Å². The molecule has 0 aliphatic carbocycles. The van der Waals surface area contributed by atoms with Gasteiger partial charge in [0.2, 0.25) is 0 Å². The highest BCUT2D eigenvalue weighted by Crippen LogP contribution is 2.24. The minimum Gasteiger partial charge on any atom is -0.383 e. The van der Waals surface area contributed by atoms with Crippen LogP contribution in [0.1, 0.15) is 13.3 Å². The summed E-state index contributed by atoms with van der Waals surface area (Å²) in [7, 11) is 1.70. The van der Waals surface area contributed by atoms with Gasteiger partial charge in [-0.1, -0.05) is 6.92 Å². The first-order valence-corrected chi connectivity index (χ1v) is 6.32. The molecule has 0 saturated heterocycles. The van der Waals surface area contributed by atoms with Crippen LogP contribution in [0, 0.1) is 0 Å². The molecule has 3 nitrogen and oxygen atoms in total. The van der Waals surface area contributed by atoms with Crippen LogP contribution in [0.2, 0.25) is 0 Å². The zero-order valence-corrected chi connectivity index (χ0v) is 11.9. The van der Waals surface area contributed by atoms with Crippen molar-refractivity contribution in [1.29, 1.82) is 0 Å². The van der Waals surface area contributed by atoms with E-state index in [4.69, 9.17) is 4.74 Å². The number of ether oxygens (including phenoxy) is 1. The van der Waals surface area contributed by atoms with Gasteiger partial charge in [-0.15, -0.1) is 0 Å². The second-order valence-corrected chi connectivity index (χ2v) is 4.96. The summed E-state index contributed by atoms with van der Waals surface area (Å²) >= 11 is 6.83. The van der Waals surface area contributed by atoms with Gasteiger partial charge in [-0.05, 0) is 44.3 Å². The van der Waals surface area contributed by atoms with E-state index in [2.05, 4.69) is 49.1 Å². The highest BCUT2D eigenvalue weighted by atomic mass is 79.9. The summed E-state index contributed by atoms with van der Waals surface area (Å²) in [5.41, 5.74) is 0. The number of hydrogen-bond acceptors (Lipinski definition) is 3. The molecule has 1 atom stereocenters. The normalized spacial score (nSPS) is 12.5. The third-order valence-corrected chi connectivity index (χ3v) is 3.05. The number of nitrogens with zero attached hydrogens (tertiary/aromatic N) is 1. The lowest BCUT2D eigenvalue weighted by Gasteiger charge is -2.17. The van der Waals surface area contributed by atoms with Crippen molar-refractivity contribution < 1.29 is 4.74 Å². The molecule has 1 heterocycles. The Labute approximate surface area is 107 Å². The summed E-state index contributed by atoms with van der Waals surface area (Å²) < 4.78 is 7.02. The summed E-state index contributed by atoms with van der Waals surface area (Å²) in [6.45, 7) is 2.80. The molecule has 0 bridgehead atoms. The lowest BCUT2D eigenvalue weighted by Crippen LogP contribution is -2.24. The molecule has 1 unspecified atom stereocenters. The van der Waals surface area contributed by atoms with Crippen LogP contribution in [0.3, 0.4) is 0 Å². The van der Waals surface area contributed by atoms with Crippen molar-refractivity contribution in [2.24, 2.45) is 0 Å². The number of aromatic nitrogens is 1. The first-order chi connectivity index (χ1) is 7.17. The maximum atomic E-state index is 5.12. The molecule has 0 radical (unpaired) electrons. The van der Waals surface area contributed by atoms with E-state index in [9.17, 15) is 0 Å². The molecule has 1 aromatic heterocycles. The van der Waals surface area contributed by atoms with Crippen molar-refractivity contribution in [3.63, 3.8) is 0 Å². The van der Waals surface area contributed by atoms with E-state index in [1.54, 1.807) is 13.3 Å². The van der Waals surface area contributed by atoms with Crippen molar-refractivity contribution in [3.05, 3.63) is 21.2 Å². The van der Waals surface area contributed by atoms with Gasteiger partial charge in [-0.3, -0.25) is 0 Å². The molecular weight excluding hydrogens is 324 g/mol. The number of halogens is 2. The minimum atomic E-state index is 0.292. The van der Waals surface area contributed by atoms with Crippen LogP contribution in [-0.2, 0) is 4.74 Å². The molecule has 15 heavy (non-hydrogen) atoms. The Morgan fingerprint density at radius 3 is 2.80 bits per heavy atom. The Balaban J connectivity index is 2.70. The van der Waals surface area contributed by atoms with Crippen LogP contribution in [0.4, 0.5) is 5.82 Å². The number of nitrogens with one attached hydrogen (secondary N) is 1. The third-order valence-electron chi connectivity index (χ3n) is 2.01. The van der Waals surface area contributed by atoms with Gasteiger partial charge in [0, 0.05) is 17.8 Å². The van der Waals surface area contributed by atoms with E-state index in [1.165, 1.54) is 0 Å². The Hall–Kier alpha value is -0.130. The van der Waals surface area contributed by atoms with Crippen LogP contribution in [-0.4, -0.2) is 24.7 Å². The number of rotatable bonds is 5. The lowest BCUT2D eigenvalue weighted by molar-refractivity contribution is 0.184. The molecule has 0 saturated carbocycles. The average molecular weight is 338 g/mol. The maximum Gasteiger partial charge on any atom is 0.140 e. The molecule has 5 heteroatoms. The molecule has 0 fully saturated rings. The van der Waals surface area contributed by atoms with Gasteiger partial charge in [0.15, 0.2) is 0 Å². The fraction of sp³-hybridized carbons (Fsp3) is 0.500. The van der Waals surface area contributed by atoms with Crippen LogP contribution in [0.15, 0.2) is 21.2 Å². The van der Waals surface area contributed by atoms with Gasteiger partial charge < -0.3 is 10.1 Å². The van der Waals surface area contributed by atoms with Gasteiger partial charge in [-0.2, -0.15) is 0 Å². The monoisotopic (exact) mass is 336 g/mol. The molecule has 84 valence electrons. The number of anilines is 1. The Bertz CT molecular complexity index is 320. The van der Waals surface area contributed by atoms with Gasteiger partial charge in [0.25, 0.3) is 0 Å². The molecule has 0 amide bonds. The molecule has 0 spiro atoms. The van der Waals surface area contributed by atoms with E-state index in [1.807, 2.05) is 6.07 Å². The third kappa shape index (κ3) is 4.09. The summed E-state index contributed by atoms with van der Waals surface area (Å²) in [4.78, 5) is 4.29. The van der Waals surface area contributed by atoms with Crippen molar-refractivity contribution in [3.8, 4) is 0 Å². The predicted molar refractivity (Wildman–Crippen MR) is 69.2 cm³/mol. The van der Waals surface area contributed by atoms with Crippen molar-refractivity contribution in [2.75, 3.05) is 19.0 Å². The standard InChI is InChI=1S/C10H14Br2N2O/c1-3-8(6-15-2)14-10-9(12)4-7(11)5-13-10/h4-5,8H,3,6H2,1-2H3,(H,13,14). The molecule has 0 aromatic carbocycles.